The number of nitrogens with one attached hydrogen (secondary N) is 1. The van der Waals surface area contributed by atoms with E-state index in [1.165, 1.54) is 0 Å². The van der Waals surface area contributed by atoms with E-state index in [1.54, 1.807) is 0 Å². The standard InChI is InChI=1S/C19H29NO2/c1-15(2)12-17(14-21)20-13-18(22)19(10-6-7-11-19)16-8-4-3-5-9-16/h3-5,8-9,15,17,20-21H,6-7,10-14H2,1-2H3/t17-/m0/s1. The van der Waals surface area contributed by atoms with Crippen molar-refractivity contribution in [3.8, 4) is 0 Å². The smallest absolute Gasteiger partial charge is 0.157 e. The van der Waals surface area contributed by atoms with Crippen LogP contribution < -0.4 is 5.32 Å². The molecule has 22 heavy (non-hydrogen) atoms. The molecule has 0 spiro atoms. The van der Waals surface area contributed by atoms with Crippen molar-refractivity contribution in [2.24, 2.45) is 5.92 Å². The monoisotopic (exact) mass is 303 g/mol. The van der Waals surface area contributed by atoms with Crippen LogP contribution in [0, 0.1) is 5.92 Å². The average Bonchev–Trinajstić information content (AvgIpc) is 3.02. The molecule has 1 aliphatic carbocycles. The third kappa shape index (κ3) is 3.96. The first kappa shape index (κ1) is 17.2. The molecular weight excluding hydrogens is 274 g/mol. The average molecular weight is 303 g/mol. The van der Waals surface area contributed by atoms with Crippen molar-refractivity contribution in [1.29, 1.82) is 0 Å². The maximum absolute atomic E-state index is 12.9. The molecule has 1 aliphatic rings. The van der Waals surface area contributed by atoms with Gasteiger partial charge in [0.05, 0.1) is 18.6 Å². The van der Waals surface area contributed by atoms with Gasteiger partial charge in [-0.25, -0.2) is 0 Å². The number of carbonyl (C=O) groups is 1. The lowest BCUT2D eigenvalue weighted by Crippen LogP contribution is -2.44. The number of aliphatic hydroxyl groups excluding tert-OH is 1. The molecule has 1 aromatic carbocycles. The lowest BCUT2D eigenvalue weighted by molar-refractivity contribution is -0.123. The molecule has 1 aromatic rings. The fourth-order valence-electron chi connectivity index (χ4n) is 3.66. The van der Waals surface area contributed by atoms with Gasteiger partial charge in [0.1, 0.15) is 0 Å². The summed E-state index contributed by atoms with van der Waals surface area (Å²) in [4.78, 5) is 12.9. The van der Waals surface area contributed by atoms with Crippen molar-refractivity contribution in [1.82, 2.24) is 5.32 Å². The summed E-state index contributed by atoms with van der Waals surface area (Å²) < 4.78 is 0. The summed E-state index contributed by atoms with van der Waals surface area (Å²) in [7, 11) is 0. The van der Waals surface area contributed by atoms with Crippen LogP contribution in [0.1, 0.15) is 51.5 Å². The van der Waals surface area contributed by atoms with Gasteiger partial charge in [0.15, 0.2) is 5.78 Å². The quantitative estimate of drug-likeness (QED) is 0.776. The molecule has 3 nitrogen and oxygen atoms in total. The molecule has 0 aromatic heterocycles. The number of hydrogen-bond donors (Lipinski definition) is 2. The summed E-state index contributed by atoms with van der Waals surface area (Å²) in [6.45, 7) is 4.71. The third-order valence-corrected chi connectivity index (χ3v) is 4.84. The lowest BCUT2D eigenvalue weighted by Gasteiger charge is -2.29. The van der Waals surface area contributed by atoms with E-state index in [2.05, 4.69) is 31.3 Å². The molecule has 2 rings (SSSR count). The summed E-state index contributed by atoms with van der Waals surface area (Å²) in [6.07, 6.45) is 5.03. The maximum Gasteiger partial charge on any atom is 0.157 e. The van der Waals surface area contributed by atoms with E-state index < -0.39 is 0 Å². The Morgan fingerprint density at radius 1 is 1.23 bits per heavy atom. The topological polar surface area (TPSA) is 49.3 Å². The van der Waals surface area contributed by atoms with Crippen LogP contribution in [0.25, 0.3) is 0 Å². The zero-order valence-corrected chi connectivity index (χ0v) is 13.8. The number of aliphatic hydroxyl groups is 1. The van der Waals surface area contributed by atoms with Gasteiger partial charge in [0, 0.05) is 6.04 Å². The van der Waals surface area contributed by atoms with Crippen LogP contribution in [0.4, 0.5) is 0 Å². The molecule has 1 saturated carbocycles. The zero-order chi connectivity index (χ0) is 16.0. The van der Waals surface area contributed by atoms with Crippen molar-refractivity contribution < 1.29 is 9.90 Å². The first-order chi connectivity index (χ1) is 10.6. The molecular formula is C19H29NO2. The second-order valence-electron chi connectivity index (χ2n) is 6.97. The van der Waals surface area contributed by atoms with Crippen LogP contribution in [0.2, 0.25) is 0 Å². The van der Waals surface area contributed by atoms with Crippen molar-refractivity contribution in [3.05, 3.63) is 35.9 Å². The van der Waals surface area contributed by atoms with Gasteiger partial charge in [-0.2, -0.15) is 0 Å². The molecule has 2 N–H and O–H groups in total. The minimum atomic E-state index is -0.313. The summed E-state index contributed by atoms with van der Waals surface area (Å²) >= 11 is 0. The largest absolute Gasteiger partial charge is 0.395 e. The van der Waals surface area contributed by atoms with Crippen LogP contribution in [0.3, 0.4) is 0 Å². The fraction of sp³-hybridized carbons (Fsp3) is 0.632. The predicted molar refractivity (Wildman–Crippen MR) is 89.9 cm³/mol. The number of benzene rings is 1. The second kappa shape index (κ2) is 7.89. The minimum absolute atomic E-state index is 0.0122. The Kier molecular flexibility index (Phi) is 6.16. The second-order valence-corrected chi connectivity index (χ2v) is 6.97. The zero-order valence-electron chi connectivity index (χ0n) is 13.8. The number of rotatable bonds is 8. The van der Waals surface area contributed by atoms with Crippen LogP contribution in [0.15, 0.2) is 30.3 Å². The Labute approximate surface area is 134 Å². The van der Waals surface area contributed by atoms with E-state index in [1.807, 2.05) is 18.2 Å². The highest BCUT2D eigenvalue weighted by atomic mass is 16.3. The highest BCUT2D eigenvalue weighted by Crippen LogP contribution is 2.41. The van der Waals surface area contributed by atoms with E-state index in [9.17, 15) is 9.90 Å². The molecule has 0 saturated heterocycles. The van der Waals surface area contributed by atoms with Gasteiger partial charge in [-0.05, 0) is 30.7 Å². The molecule has 122 valence electrons. The van der Waals surface area contributed by atoms with Gasteiger partial charge in [-0.15, -0.1) is 0 Å². The van der Waals surface area contributed by atoms with E-state index >= 15 is 0 Å². The van der Waals surface area contributed by atoms with Crippen LogP contribution in [-0.4, -0.2) is 30.1 Å². The molecule has 1 fully saturated rings. The van der Waals surface area contributed by atoms with Gasteiger partial charge >= 0.3 is 0 Å². The highest BCUT2D eigenvalue weighted by Gasteiger charge is 2.41. The first-order valence-electron chi connectivity index (χ1n) is 8.51. The number of carbonyl (C=O) groups excluding carboxylic acids is 1. The minimum Gasteiger partial charge on any atom is -0.395 e. The van der Waals surface area contributed by atoms with Crippen molar-refractivity contribution >= 4 is 5.78 Å². The van der Waals surface area contributed by atoms with Crippen molar-refractivity contribution in [2.75, 3.05) is 13.2 Å². The Balaban J connectivity index is 2.05. The number of Topliss-reactive ketones (excluding diaryl/α,β-unsaturated/α-hetero) is 1. The molecule has 0 bridgehead atoms. The summed E-state index contributed by atoms with van der Waals surface area (Å²) in [5.74, 6) is 0.785. The SMILES string of the molecule is CC(C)C[C@@H](CO)NCC(=O)C1(c2ccccc2)CCCC1. The Hall–Kier alpha value is -1.19. The summed E-state index contributed by atoms with van der Waals surface area (Å²) in [6, 6.07) is 10.2. The predicted octanol–water partition coefficient (Wildman–Crippen LogP) is 3.06. The van der Waals surface area contributed by atoms with Crippen LogP contribution in [0.5, 0.6) is 0 Å². The van der Waals surface area contributed by atoms with Crippen molar-refractivity contribution in [2.45, 2.75) is 57.4 Å². The first-order valence-corrected chi connectivity index (χ1v) is 8.51. The Morgan fingerprint density at radius 3 is 2.41 bits per heavy atom. The molecule has 0 heterocycles. The lowest BCUT2D eigenvalue weighted by atomic mass is 9.75. The fourth-order valence-corrected chi connectivity index (χ4v) is 3.66. The highest BCUT2D eigenvalue weighted by molar-refractivity contribution is 5.92. The molecule has 0 amide bonds. The van der Waals surface area contributed by atoms with Gasteiger partial charge in [-0.3, -0.25) is 4.79 Å². The number of hydrogen-bond acceptors (Lipinski definition) is 3. The molecule has 3 heteroatoms. The van der Waals surface area contributed by atoms with Crippen molar-refractivity contribution in [3.63, 3.8) is 0 Å². The normalized spacial score (nSPS) is 18.5. The van der Waals surface area contributed by atoms with Crippen LogP contribution in [-0.2, 0) is 10.2 Å². The molecule has 1 atom stereocenters. The van der Waals surface area contributed by atoms with Gasteiger partial charge in [0.2, 0.25) is 0 Å². The van der Waals surface area contributed by atoms with E-state index in [0.29, 0.717) is 12.5 Å². The van der Waals surface area contributed by atoms with E-state index in [-0.39, 0.29) is 23.8 Å². The maximum atomic E-state index is 12.9. The Morgan fingerprint density at radius 2 is 1.86 bits per heavy atom. The third-order valence-electron chi connectivity index (χ3n) is 4.84. The summed E-state index contributed by atoms with van der Waals surface area (Å²) in [5.41, 5.74) is 0.843. The van der Waals surface area contributed by atoms with E-state index in [4.69, 9.17) is 0 Å². The molecule has 0 unspecified atom stereocenters. The molecule has 0 radical (unpaired) electrons. The molecule has 0 aliphatic heterocycles. The Bertz CT molecular complexity index is 464. The summed E-state index contributed by atoms with van der Waals surface area (Å²) in [5, 5.41) is 12.7. The van der Waals surface area contributed by atoms with Gasteiger partial charge in [0.25, 0.3) is 0 Å². The van der Waals surface area contributed by atoms with E-state index in [0.717, 1.165) is 37.7 Å². The number of ketones is 1. The van der Waals surface area contributed by atoms with Gasteiger partial charge in [-0.1, -0.05) is 57.0 Å². The van der Waals surface area contributed by atoms with Gasteiger partial charge < -0.3 is 10.4 Å². The van der Waals surface area contributed by atoms with Crippen LogP contribution >= 0.6 is 0 Å².